The van der Waals surface area contributed by atoms with E-state index >= 15 is 0 Å². The molecule has 0 rings (SSSR count). The predicted molar refractivity (Wildman–Crippen MR) is 418 cm³/mol. The molecule has 19 heteroatoms. The van der Waals surface area contributed by atoms with Gasteiger partial charge >= 0.3 is 39.5 Å². The molecule has 606 valence electrons. The van der Waals surface area contributed by atoms with Crippen LogP contribution in [0.3, 0.4) is 0 Å². The van der Waals surface area contributed by atoms with Crippen molar-refractivity contribution in [1.29, 1.82) is 0 Å². The molecule has 3 N–H and O–H groups in total. The van der Waals surface area contributed by atoms with Crippen LogP contribution in [0.15, 0.2) is 0 Å². The summed E-state index contributed by atoms with van der Waals surface area (Å²) in [5.41, 5.74) is 0. The molecule has 17 nitrogen and oxygen atoms in total. The number of rotatable bonds is 81. The van der Waals surface area contributed by atoms with Crippen molar-refractivity contribution in [3.8, 4) is 0 Å². The van der Waals surface area contributed by atoms with Gasteiger partial charge in [0.05, 0.1) is 26.4 Å². The normalized spacial score (nSPS) is 14.2. The summed E-state index contributed by atoms with van der Waals surface area (Å²) in [6.45, 7) is 12.0. The van der Waals surface area contributed by atoms with Crippen molar-refractivity contribution in [1.82, 2.24) is 0 Å². The van der Waals surface area contributed by atoms with Crippen LogP contribution in [0.1, 0.15) is 434 Å². The van der Waals surface area contributed by atoms with Gasteiger partial charge in [0.15, 0.2) is 12.2 Å². The maximum atomic E-state index is 13.1. The highest BCUT2D eigenvalue weighted by molar-refractivity contribution is 7.47. The number of carbonyl (C=O) groups is 4. The average molecular weight is 1490 g/mol. The average Bonchev–Trinajstić information content (AvgIpc) is 0.912. The fraction of sp³-hybridized carbons (Fsp3) is 0.952. The van der Waals surface area contributed by atoms with Gasteiger partial charge in [0, 0.05) is 25.7 Å². The zero-order valence-electron chi connectivity index (χ0n) is 67.1. The largest absolute Gasteiger partial charge is 0.472 e. The van der Waals surface area contributed by atoms with Crippen LogP contribution in [0.4, 0.5) is 0 Å². The Bertz CT molecular complexity index is 1980. The SMILES string of the molecule is CCCCCCCCCCCCCCCCCCCC(=O)OC[C@H](COP(=O)(O)OC[C@@H](O)COP(=O)(O)OC[C@@H](COC(=O)CCCCCCCCCCC(C)C)OC(=O)CCCCCCCCCCCC(C)C)OC(=O)CCCCCCCCCCCCCCCCCCCCC(C)CC. The number of esters is 4. The Balaban J connectivity index is 5.22. The minimum absolute atomic E-state index is 0.105. The lowest BCUT2D eigenvalue weighted by molar-refractivity contribution is -0.161. The van der Waals surface area contributed by atoms with Gasteiger partial charge in [-0.3, -0.25) is 37.3 Å². The van der Waals surface area contributed by atoms with Gasteiger partial charge in [-0.25, -0.2) is 9.13 Å². The van der Waals surface area contributed by atoms with Crippen molar-refractivity contribution in [2.24, 2.45) is 17.8 Å². The Morgan fingerprint density at radius 3 is 0.745 bits per heavy atom. The molecule has 0 saturated heterocycles. The second kappa shape index (κ2) is 73.2. The lowest BCUT2D eigenvalue weighted by Crippen LogP contribution is -2.30. The smallest absolute Gasteiger partial charge is 0.462 e. The summed E-state index contributed by atoms with van der Waals surface area (Å²) in [6.07, 6.45) is 62.6. The van der Waals surface area contributed by atoms with Crippen LogP contribution in [0, 0.1) is 17.8 Å². The molecule has 0 saturated carbocycles. The van der Waals surface area contributed by atoms with E-state index in [1.54, 1.807) is 0 Å². The van der Waals surface area contributed by atoms with Gasteiger partial charge in [0.2, 0.25) is 0 Å². The second-order valence-electron chi connectivity index (χ2n) is 31.1. The van der Waals surface area contributed by atoms with Crippen LogP contribution in [-0.4, -0.2) is 96.7 Å². The second-order valence-corrected chi connectivity index (χ2v) is 34.0. The van der Waals surface area contributed by atoms with Crippen LogP contribution in [0.25, 0.3) is 0 Å². The topological polar surface area (TPSA) is 237 Å². The van der Waals surface area contributed by atoms with Gasteiger partial charge in [-0.15, -0.1) is 0 Å². The summed E-state index contributed by atoms with van der Waals surface area (Å²) in [6, 6.07) is 0. The third kappa shape index (κ3) is 74.9. The Morgan fingerprint density at radius 1 is 0.284 bits per heavy atom. The van der Waals surface area contributed by atoms with Crippen molar-refractivity contribution >= 4 is 39.5 Å². The number of phosphoric acid groups is 2. The number of aliphatic hydroxyl groups is 1. The Morgan fingerprint density at radius 2 is 0.500 bits per heavy atom. The minimum atomic E-state index is -4.96. The molecular formula is C83H162O17P2. The van der Waals surface area contributed by atoms with Crippen molar-refractivity contribution < 1.29 is 80.2 Å². The maximum Gasteiger partial charge on any atom is 0.472 e. The molecule has 0 radical (unpaired) electrons. The molecule has 3 unspecified atom stereocenters. The molecule has 0 heterocycles. The van der Waals surface area contributed by atoms with E-state index in [4.69, 9.17) is 37.0 Å². The molecule has 0 amide bonds. The number of carbonyl (C=O) groups excluding carboxylic acids is 4. The third-order valence-corrected chi connectivity index (χ3v) is 21.6. The molecule has 0 bridgehead atoms. The predicted octanol–water partition coefficient (Wildman–Crippen LogP) is 24.9. The lowest BCUT2D eigenvalue weighted by atomic mass is 9.99. The zero-order valence-corrected chi connectivity index (χ0v) is 68.9. The van der Waals surface area contributed by atoms with Crippen molar-refractivity contribution in [2.75, 3.05) is 39.6 Å². The molecule has 0 aliphatic carbocycles. The standard InChI is InChI=1S/C83H162O17P2/c1-8-10-11-12-13-14-15-16-17-20-24-27-30-35-43-50-57-64-80(85)93-70-78(99-82(87)66-59-52-45-36-31-28-25-22-19-18-21-23-26-29-34-42-49-56-63-76(7)9-2)72-97-101(89,90)95-68-77(84)69-96-102(91,92)98-73-79(71-94-81(86)65-58-51-44-39-38-41-48-55-62-75(5)6)100-83(88)67-60-53-46-37-32-33-40-47-54-61-74(3)4/h74-79,84H,8-73H2,1-7H3,(H,89,90)(H,91,92)/t76?,77-,78-,79-/m1/s1. The van der Waals surface area contributed by atoms with Crippen LogP contribution in [-0.2, 0) is 65.4 Å². The number of aliphatic hydroxyl groups excluding tert-OH is 1. The van der Waals surface area contributed by atoms with Crippen LogP contribution < -0.4 is 0 Å². The summed E-state index contributed by atoms with van der Waals surface area (Å²) in [5, 5.41) is 10.6. The van der Waals surface area contributed by atoms with E-state index in [2.05, 4.69) is 48.5 Å². The highest BCUT2D eigenvalue weighted by Gasteiger charge is 2.30. The Hall–Kier alpha value is -1.94. The molecule has 0 aromatic rings. The molecule has 0 fully saturated rings. The van der Waals surface area contributed by atoms with Gasteiger partial charge < -0.3 is 33.8 Å². The fourth-order valence-electron chi connectivity index (χ4n) is 12.8. The van der Waals surface area contributed by atoms with E-state index in [9.17, 15) is 43.2 Å². The zero-order chi connectivity index (χ0) is 75.1. The summed E-state index contributed by atoms with van der Waals surface area (Å²) in [5.74, 6) is 0.224. The van der Waals surface area contributed by atoms with E-state index in [1.165, 1.54) is 244 Å². The number of ether oxygens (including phenoxy) is 4. The monoisotopic (exact) mass is 1490 g/mol. The van der Waals surface area contributed by atoms with E-state index in [0.29, 0.717) is 25.7 Å². The highest BCUT2D eigenvalue weighted by atomic mass is 31.2. The van der Waals surface area contributed by atoms with Gasteiger partial charge in [0.25, 0.3) is 0 Å². The lowest BCUT2D eigenvalue weighted by Gasteiger charge is -2.21. The minimum Gasteiger partial charge on any atom is -0.462 e. The third-order valence-electron chi connectivity index (χ3n) is 19.7. The van der Waals surface area contributed by atoms with Crippen LogP contribution >= 0.6 is 15.6 Å². The molecule has 6 atom stereocenters. The number of hydrogen-bond acceptors (Lipinski definition) is 15. The summed E-state index contributed by atoms with van der Waals surface area (Å²) in [4.78, 5) is 73.1. The van der Waals surface area contributed by atoms with Crippen molar-refractivity contribution in [3.05, 3.63) is 0 Å². The highest BCUT2D eigenvalue weighted by Crippen LogP contribution is 2.45. The molecular weight excluding hydrogens is 1330 g/mol. The quantitative estimate of drug-likeness (QED) is 0.0222. The van der Waals surface area contributed by atoms with Crippen LogP contribution in [0.2, 0.25) is 0 Å². The first-order valence-electron chi connectivity index (χ1n) is 42.9. The molecule has 0 aliphatic rings. The van der Waals surface area contributed by atoms with Crippen LogP contribution in [0.5, 0.6) is 0 Å². The van der Waals surface area contributed by atoms with Gasteiger partial charge in [-0.1, -0.05) is 382 Å². The number of unbranched alkanes of at least 4 members (excludes halogenated alkanes) is 48. The van der Waals surface area contributed by atoms with E-state index in [0.717, 1.165) is 108 Å². The van der Waals surface area contributed by atoms with Crippen molar-refractivity contribution in [2.45, 2.75) is 452 Å². The first-order chi connectivity index (χ1) is 49.3. The molecule has 102 heavy (non-hydrogen) atoms. The summed E-state index contributed by atoms with van der Waals surface area (Å²) < 4.78 is 68.8. The fourth-order valence-corrected chi connectivity index (χ4v) is 14.4. The Labute approximate surface area is 626 Å². The number of phosphoric ester groups is 2. The van der Waals surface area contributed by atoms with E-state index in [1.807, 2.05) is 0 Å². The van der Waals surface area contributed by atoms with Gasteiger partial charge in [-0.2, -0.15) is 0 Å². The van der Waals surface area contributed by atoms with Gasteiger partial charge in [0.1, 0.15) is 19.3 Å². The summed E-state index contributed by atoms with van der Waals surface area (Å²) >= 11 is 0. The maximum absolute atomic E-state index is 13.1. The molecule has 0 aliphatic heterocycles. The number of hydrogen-bond donors (Lipinski definition) is 3. The summed E-state index contributed by atoms with van der Waals surface area (Å²) in [7, 11) is -9.92. The first kappa shape index (κ1) is 100. The van der Waals surface area contributed by atoms with E-state index in [-0.39, 0.29) is 25.7 Å². The molecule has 0 spiro atoms. The Kier molecular flexibility index (Phi) is 71.8. The van der Waals surface area contributed by atoms with Gasteiger partial charge in [-0.05, 0) is 43.4 Å². The molecule has 0 aromatic heterocycles. The first-order valence-corrected chi connectivity index (χ1v) is 45.9. The van der Waals surface area contributed by atoms with Crippen molar-refractivity contribution in [3.63, 3.8) is 0 Å². The van der Waals surface area contributed by atoms with E-state index < -0.39 is 97.5 Å². The molecule has 0 aromatic carbocycles.